The van der Waals surface area contributed by atoms with Crippen molar-refractivity contribution in [2.45, 2.75) is 32.7 Å². The molecule has 0 aromatic heterocycles. The minimum absolute atomic E-state index is 0.314. The normalized spacial score (nSPS) is 12.1. The maximum absolute atomic E-state index is 3.71. The van der Waals surface area contributed by atoms with Crippen LogP contribution in [0.5, 0.6) is 0 Å². The second kappa shape index (κ2) is 3.77. The van der Waals surface area contributed by atoms with Gasteiger partial charge in [0.2, 0.25) is 0 Å². The van der Waals surface area contributed by atoms with E-state index >= 15 is 0 Å². The van der Waals surface area contributed by atoms with Gasteiger partial charge < -0.3 is 0 Å². The fraction of sp³-hybridized carbons (Fsp3) is 0.778. The molecule has 60 valence electrons. The Morgan fingerprint density at radius 2 is 2.00 bits per heavy atom. The highest BCUT2D eigenvalue weighted by Gasteiger charge is 2.18. The highest BCUT2D eigenvalue weighted by atomic mass is 15.2. The summed E-state index contributed by atoms with van der Waals surface area (Å²) in [5, 5.41) is 0. The van der Waals surface area contributed by atoms with Crippen LogP contribution in [-0.4, -0.2) is 24.0 Å². The van der Waals surface area contributed by atoms with E-state index < -0.39 is 0 Å². The Balaban J connectivity index is 3.89. The molecule has 0 spiro atoms. The lowest BCUT2D eigenvalue weighted by molar-refractivity contribution is 0.168. The molecular weight excluding hydrogens is 122 g/mol. The van der Waals surface area contributed by atoms with Gasteiger partial charge in [-0.1, -0.05) is 13.0 Å². The van der Waals surface area contributed by atoms with Crippen molar-refractivity contribution in [2.24, 2.45) is 0 Å². The van der Waals surface area contributed by atoms with Crippen LogP contribution < -0.4 is 0 Å². The number of nitrogens with zero attached hydrogens (tertiary/aromatic N) is 1. The van der Waals surface area contributed by atoms with Gasteiger partial charge in [-0.3, -0.25) is 4.90 Å². The van der Waals surface area contributed by atoms with Crippen molar-refractivity contribution in [1.82, 2.24) is 4.90 Å². The topological polar surface area (TPSA) is 3.24 Å². The van der Waals surface area contributed by atoms with E-state index in [2.05, 4.69) is 39.3 Å². The second-order valence-electron chi connectivity index (χ2n) is 3.34. The van der Waals surface area contributed by atoms with Gasteiger partial charge in [-0.25, -0.2) is 0 Å². The molecule has 0 aliphatic heterocycles. The van der Waals surface area contributed by atoms with Gasteiger partial charge in [-0.15, -0.1) is 6.58 Å². The third kappa shape index (κ3) is 2.53. The summed E-state index contributed by atoms with van der Waals surface area (Å²) < 4.78 is 0. The van der Waals surface area contributed by atoms with E-state index in [9.17, 15) is 0 Å². The summed E-state index contributed by atoms with van der Waals surface area (Å²) in [5.74, 6) is 0. The van der Waals surface area contributed by atoms with Gasteiger partial charge in [-0.05, 0) is 27.3 Å². The average molecular weight is 141 g/mol. The maximum atomic E-state index is 3.71. The predicted molar refractivity (Wildman–Crippen MR) is 47.2 cm³/mol. The van der Waals surface area contributed by atoms with Crippen molar-refractivity contribution < 1.29 is 0 Å². The van der Waals surface area contributed by atoms with Crippen molar-refractivity contribution in [3.05, 3.63) is 12.7 Å². The Morgan fingerprint density at radius 1 is 1.50 bits per heavy atom. The summed E-state index contributed by atoms with van der Waals surface area (Å²) in [6.07, 6.45) is 3.12. The van der Waals surface area contributed by atoms with E-state index in [1.165, 1.54) is 6.42 Å². The summed E-state index contributed by atoms with van der Waals surface area (Å²) in [6, 6.07) is 0. The second-order valence-corrected chi connectivity index (χ2v) is 3.34. The number of hydrogen-bond acceptors (Lipinski definition) is 1. The zero-order valence-corrected chi connectivity index (χ0v) is 7.65. The molecule has 0 aliphatic rings. The zero-order valence-electron chi connectivity index (χ0n) is 7.65. The summed E-state index contributed by atoms with van der Waals surface area (Å²) in [7, 11) is 2.13. The highest BCUT2D eigenvalue weighted by molar-refractivity contribution is 4.82. The van der Waals surface area contributed by atoms with Crippen LogP contribution in [0.3, 0.4) is 0 Å². The predicted octanol–water partition coefficient (Wildman–Crippen LogP) is 2.29. The molecule has 0 saturated heterocycles. The molecule has 0 unspecified atom stereocenters. The van der Waals surface area contributed by atoms with E-state index in [4.69, 9.17) is 0 Å². The first-order valence-electron chi connectivity index (χ1n) is 3.86. The van der Waals surface area contributed by atoms with Gasteiger partial charge >= 0.3 is 0 Å². The maximum Gasteiger partial charge on any atom is 0.0162 e. The quantitative estimate of drug-likeness (QED) is 0.543. The van der Waals surface area contributed by atoms with Gasteiger partial charge in [0.05, 0.1) is 0 Å². The monoisotopic (exact) mass is 141 g/mol. The molecule has 1 heteroatoms. The minimum atomic E-state index is 0.314. The molecule has 0 amide bonds. The average Bonchev–Trinajstić information content (AvgIpc) is 1.89. The largest absolute Gasteiger partial charge is 0.298 e. The van der Waals surface area contributed by atoms with Crippen LogP contribution in [0.25, 0.3) is 0 Å². The Morgan fingerprint density at radius 3 is 2.30 bits per heavy atom. The molecule has 0 bridgehead atoms. The molecule has 10 heavy (non-hydrogen) atoms. The summed E-state index contributed by atoms with van der Waals surface area (Å²) in [5.41, 5.74) is 0.314. The lowest BCUT2D eigenvalue weighted by Gasteiger charge is -2.33. The van der Waals surface area contributed by atoms with Crippen LogP contribution in [-0.2, 0) is 0 Å². The summed E-state index contributed by atoms with van der Waals surface area (Å²) in [6.45, 7) is 11.4. The lowest BCUT2D eigenvalue weighted by atomic mass is 10.0. The van der Waals surface area contributed by atoms with Gasteiger partial charge in [0, 0.05) is 12.1 Å². The van der Waals surface area contributed by atoms with Crippen molar-refractivity contribution in [3.8, 4) is 0 Å². The summed E-state index contributed by atoms with van der Waals surface area (Å²) >= 11 is 0. The molecule has 0 heterocycles. The number of rotatable bonds is 4. The Kier molecular flexibility index (Phi) is 3.66. The van der Waals surface area contributed by atoms with Crippen LogP contribution in [0.15, 0.2) is 12.7 Å². The molecule has 1 nitrogen and oxygen atoms in total. The first-order chi connectivity index (χ1) is 4.54. The summed E-state index contributed by atoms with van der Waals surface area (Å²) in [4.78, 5) is 2.31. The third-order valence-corrected chi connectivity index (χ3v) is 2.30. The van der Waals surface area contributed by atoms with Crippen LogP contribution in [0.4, 0.5) is 0 Å². The van der Waals surface area contributed by atoms with Crippen LogP contribution >= 0.6 is 0 Å². The molecule has 0 aromatic carbocycles. The first-order valence-corrected chi connectivity index (χ1v) is 3.86. The van der Waals surface area contributed by atoms with Gasteiger partial charge in [0.1, 0.15) is 0 Å². The van der Waals surface area contributed by atoms with Crippen molar-refractivity contribution >= 4 is 0 Å². The Labute approximate surface area is 64.7 Å². The van der Waals surface area contributed by atoms with Crippen LogP contribution in [0, 0.1) is 0 Å². The van der Waals surface area contributed by atoms with E-state index in [0.717, 1.165) is 6.54 Å². The molecule has 0 saturated carbocycles. The molecule has 0 aliphatic carbocycles. The SMILES string of the molecule is C=CCN(C)C(C)(C)CC. The van der Waals surface area contributed by atoms with E-state index in [1.807, 2.05) is 6.08 Å². The molecule has 0 N–H and O–H groups in total. The zero-order chi connectivity index (χ0) is 8.20. The number of likely N-dealkylation sites (N-methyl/N-ethyl adjacent to an activating group) is 1. The van der Waals surface area contributed by atoms with Crippen molar-refractivity contribution in [3.63, 3.8) is 0 Å². The van der Waals surface area contributed by atoms with Gasteiger partial charge in [0.25, 0.3) is 0 Å². The fourth-order valence-electron chi connectivity index (χ4n) is 0.711. The number of hydrogen-bond donors (Lipinski definition) is 0. The van der Waals surface area contributed by atoms with Crippen LogP contribution in [0.2, 0.25) is 0 Å². The Bertz CT molecular complexity index is 105. The van der Waals surface area contributed by atoms with E-state index in [0.29, 0.717) is 5.54 Å². The first kappa shape index (κ1) is 9.70. The lowest BCUT2D eigenvalue weighted by Crippen LogP contribution is -2.40. The van der Waals surface area contributed by atoms with E-state index in [-0.39, 0.29) is 0 Å². The molecule has 0 aromatic rings. The minimum Gasteiger partial charge on any atom is -0.298 e. The third-order valence-electron chi connectivity index (χ3n) is 2.30. The molecule has 0 rings (SSSR count). The fourth-order valence-corrected chi connectivity index (χ4v) is 0.711. The van der Waals surface area contributed by atoms with Gasteiger partial charge in [0.15, 0.2) is 0 Å². The standard InChI is InChI=1S/C9H19N/c1-6-8-10(5)9(3,4)7-2/h6H,1,7-8H2,2-5H3. The molecular formula is C9H19N. The molecule has 0 fully saturated rings. The van der Waals surface area contributed by atoms with E-state index in [1.54, 1.807) is 0 Å². The molecule has 0 radical (unpaired) electrons. The highest BCUT2D eigenvalue weighted by Crippen LogP contribution is 2.15. The van der Waals surface area contributed by atoms with Crippen LogP contribution in [0.1, 0.15) is 27.2 Å². The van der Waals surface area contributed by atoms with Gasteiger partial charge in [-0.2, -0.15) is 0 Å². The van der Waals surface area contributed by atoms with Crippen molar-refractivity contribution in [1.29, 1.82) is 0 Å². The smallest absolute Gasteiger partial charge is 0.0162 e. The van der Waals surface area contributed by atoms with Crippen molar-refractivity contribution in [2.75, 3.05) is 13.6 Å². The molecule has 0 atom stereocenters. The Hall–Kier alpha value is -0.300.